The average Bonchev–Trinajstić information content (AvgIpc) is 2.89. The summed E-state index contributed by atoms with van der Waals surface area (Å²) in [5.41, 5.74) is 6.64. The third-order valence-corrected chi connectivity index (χ3v) is 3.50. The zero-order valence-electron chi connectivity index (χ0n) is 11.3. The van der Waals surface area contributed by atoms with E-state index in [0.29, 0.717) is 17.8 Å². The van der Waals surface area contributed by atoms with Gasteiger partial charge in [-0.1, -0.05) is 6.07 Å². The van der Waals surface area contributed by atoms with Gasteiger partial charge in [0.1, 0.15) is 5.92 Å². The summed E-state index contributed by atoms with van der Waals surface area (Å²) in [6.07, 6.45) is 0. The fraction of sp³-hybridized carbons (Fsp3) is 0.429. The molecule has 108 valence electrons. The summed E-state index contributed by atoms with van der Waals surface area (Å²) in [5.74, 6) is -1.84. The van der Waals surface area contributed by atoms with Crippen molar-refractivity contribution >= 4 is 17.6 Å². The number of carboxylic acid groups (broad SMARTS) is 1. The number of amides is 1. The van der Waals surface area contributed by atoms with E-state index < -0.39 is 17.9 Å². The van der Waals surface area contributed by atoms with Crippen LogP contribution in [0.1, 0.15) is 17.3 Å². The van der Waals surface area contributed by atoms with E-state index in [1.165, 1.54) is 0 Å². The minimum Gasteiger partial charge on any atom is -0.481 e. The molecular formula is C14H18N2O4. The number of rotatable bonds is 4. The summed E-state index contributed by atoms with van der Waals surface area (Å²) >= 11 is 0. The number of likely N-dealkylation sites (N-methyl/N-ethyl adjacent to an activating group) is 1. The van der Waals surface area contributed by atoms with Crippen molar-refractivity contribution in [1.82, 2.24) is 4.90 Å². The number of nitrogen functional groups attached to an aromatic ring is 1. The third kappa shape index (κ3) is 2.75. The molecule has 0 radical (unpaired) electrons. The Bertz CT molecular complexity index is 518. The predicted octanol–water partition coefficient (Wildman–Crippen LogP) is 0.831. The van der Waals surface area contributed by atoms with Crippen LogP contribution in [0.4, 0.5) is 5.69 Å². The standard InChI is InChI=1S/C14H18N2O4/c1-2-16(12-8-20-7-11(12)14(18)19)13(17)9-4-3-5-10(15)6-9/h3-6,11-12H,2,7-8,15H2,1H3,(H,18,19). The van der Waals surface area contributed by atoms with Crippen molar-refractivity contribution in [1.29, 1.82) is 0 Å². The number of nitrogens with two attached hydrogens (primary N) is 1. The van der Waals surface area contributed by atoms with Gasteiger partial charge in [-0.05, 0) is 25.1 Å². The van der Waals surface area contributed by atoms with Gasteiger partial charge in [0.2, 0.25) is 0 Å². The summed E-state index contributed by atoms with van der Waals surface area (Å²) in [4.78, 5) is 25.3. The lowest BCUT2D eigenvalue weighted by Crippen LogP contribution is -2.46. The van der Waals surface area contributed by atoms with Crippen molar-refractivity contribution in [3.8, 4) is 0 Å². The second-order valence-electron chi connectivity index (χ2n) is 4.77. The molecule has 0 spiro atoms. The maximum atomic E-state index is 12.5. The van der Waals surface area contributed by atoms with Crippen LogP contribution in [0.15, 0.2) is 24.3 Å². The van der Waals surface area contributed by atoms with Crippen LogP contribution in [-0.2, 0) is 9.53 Å². The zero-order chi connectivity index (χ0) is 14.7. The molecule has 2 atom stereocenters. The number of ether oxygens (including phenoxy) is 1. The van der Waals surface area contributed by atoms with Crippen LogP contribution in [0.3, 0.4) is 0 Å². The minimum atomic E-state index is -0.939. The fourth-order valence-corrected chi connectivity index (χ4v) is 2.45. The lowest BCUT2D eigenvalue weighted by Gasteiger charge is -2.29. The maximum absolute atomic E-state index is 12.5. The molecule has 2 rings (SSSR count). The van der Waals surface area contributed by atoms with E-state index in [2.05, 4.69) is 0 Å². The maximum Gasteiger partial charge on any atom is 0.311 e. The Morgan fingerprint density at radius 2 is 2.20 bits per heavy atom. The number of hydrogen-bond acceptors (Lipinski definition) is 4. The summed E-state index contributed by atoms with van der Waals surface area (Å²) in [6.45, 7) is 2.63. The smallest absolute Gasteiger partial charge is 0.311 e. The molecule has 2 unspecified atom stereocenters. The molecule has 1 fully saturated rings. The second kappa shape index (κ2) is 5.92. The van der Waals surface area contributed by atoms with E-state index in [1.54, 1.807) is 29.2 Å². The molecule has 1 heterocycles. The van der Waals surface area contributed by atoms with Gasteiger partial charge >= 0.3 is 5.97 Å². The van der Waals surface area contributed by atoms with Crippen LogP contribution >= 0.6 is 0 Å². The Morgan fingerprint density at radius 3 is 2.80 bits per heavy atom. The molecule has 1 aliphatic heterocycles. The molecule has 20 heavy (non-hydrogen) atoms. The van der Waals surface area contributed by atoms with Gasteiger partial charge in [0, 0.05) is 17.8 Å². The average molecular weight is 278 g/mol. The molecule has 0 aromatic heterocycles. The second-order valence-corrected chi connectivity index (χ2v) is 4.77. The summed E-state index contributed by atoms with van der Waals surface area (Å²) < 4.78 is 5.22. The molecule has 1 aromatic rings. The van der Waals surface area contributed by atoms with Crippen LogP contribution in [0.5, 0.6) is 0 Å². The highest BCUT2D eigenvalue weighted by atomic mass is 16.5. The van der Waals surface area contributed by atoms with Crippen LogP contribution in [0, 0.1) is 5.92 Å². The van der Waals surface area contributed by atoms with E-state index in [0.717, 1.165) is 0 Å². The summed E-state index contributed by atoms with van der Waals surface area (Å²) in [6, 6.07) is 6.23. The Labute approximate surface area is 117 Å². The first-order chi connectivity index (χ1) is 9.54. The highest BCUT2D eigenvalue weighted by Crippen LogP contribution is 2.22. The minimum absolute atomic E-state index is 0.140. The highest BCUT2D eigenvalue weighted by Gasteiger charge is 2.39. The highest BCUT2D eigenvalue weighted by molar-refractivity contribution is 5.95. The Balaban J connectivity index is 2.23. The van der Waals surface area contributed by atoms with Gasteiger partial charge in [-0.15, -0.1) is 0 Å². The van der Waals surface area contributed by atoms with Crippen molar-refractivity contribution in [3.63, 3.8) is 0 Å². The van der Waals surface area contributed by atoms with Gasteiger partial charge in [-0.25, -0.2) is 0 Å². The number of hydrogen-bond donors (Lipinski definition) is 2. The van der Waals surface area contributed by atoms with Crippen LogP contribution in [0.2, 0.25) is 0 Å². The fourth-order valence-electron chi connectivity index (χ4n) is 2.45. The van der Waals surface area contributed by atoms with E-state index in [9.17, 15) is 14.7 Å². The molecular weight excluding hydrogens is 260 g/mol. The van der Waals surface area contributed by atoms with Gasteiger partial charge in [0.05, 0.1) is 19.3 Å². The quantitative estimate of drug-likeness (QED) is 0.796. The van der Waals surface area contributed by atoms with Gasteiger partial charge < -0.3 is 20.5 Å². The number of nitrogens with zero attached hydrogens (tertiary/aromatic N) is 1. The number of benzene rings is 1. The number of carboxylic acids is 1. The Morgan fingerprint density at radius 1 is 1.45 bits per heavy atom. The van der Waals surface area contributed by atoms with Gasteiger partial charge in [-0.2, -0.15) is 0 Å². The molecule has 1 aliphatic rings. The van der Waals surface area contributed by atoms with Crippen molar-refractivity contribution in [2.45, 2.75) is 13.0 Å². The van der Waals surface area contributed by atoms with Crippen molar-refractivity contribution < 1.29 is 19.4 Å². The van der Waals surface area contributed by atoms with Crippen molar-refractivity contribution in [3.05, 3.63) is 29.8 Å². The zero-order valence-corrected chi connectivity index (χ0v) is 11.3. The molecule has 1 amide bonds. The topological polar surface area (TPSA) is 92.9 Å². The lowest BCUT2D eigenvalue weighted by atomic mass is 10.0. The van der Waals surface area contributed by atoms with Crippen LogP contribution in [-0.4, -0.2) is 47.7 Å². The van der Waals surface area contributed by atoms with E-state index in [4.69, 9.17) is 10.5 Å². The van der Waals surface area contributed by atoms with Crippen molar-refractivity contribution in [2.24, 2.45) is 5.92 Å². The van der Waals surface area contributed by atoms with Crippen LogP contribution in [0.25, 0.3) is 0 Å². The van der Waals surface area contributed by atoms with E-state index >= 15 is 0 Å². The number of carbonyl (C=O) groups excluding carboxylic acids is 1. The molecule has 3 N–H and O–H groups in total. The Kier molecular flexibility index (Phi) is 4.24. The normalized spacial score (nSPS) is 21.6. The monoisotopic (exact) mass is 278 g/mol. The van der Waals surface area contributed by atoms with Gasteiger partial charge in [0.15, 0.2) is 0 Å². The molecule has 6 heteroatoms. The molecule has 0 bridgehead atoms. The Hall–Kier alpha value is -2.08. The molecule has 6 nitrogen and oxygen atoms in total. The molecule has 0 saturated carbocycles. The first-order valence-electron chi connectivity index (χ1n) is 6.51. The first-order valence-corrected chi connectivity index (χ1v) is 6.51. The first kappa shape index (κ1) is 14.3. The van der Waals surface area contributed by atoms with Gasteiger partial charge in [0.25, 0.3) is 5.91 Å². The SMILES string of the molecule is CCN(C(=O)c1cccc(N)c1)C1COCC1C(=O)O. The lowest BCUT2D eigenvalue weighted by molar-refractivity contribution is -0.142. The molecule has 1 aromatic carbocycles. The molecule has 0 aliphatic carbocycles. The van der Waals surface area contributed by atoms with E-state index in [1.807, 2.05) is 6.92 Å². The van der Waals surface area contributed by atoms with Crippen LogP contribution < -0.4 is 5.73 Å². The number of anilines is 1. The summed E-state index contributed by atoms with van der Waals surface area (Å²) in [5, 5.41) is 9.19. The summed E-state index contributed by atoms with van der Waals surface area (Å²) in [7, 11) is 0. The number of carbonyl (C=O) groups is 2. The van der Waals surface area contributed by atoms with Crippen molar-refractivity contribution in [2.75, 3.05) is 25.5 Å². The number of aliphatic carboxylic acids is 1. The van der Waals surface area contributed by atoms with E-state index in [-0.39, 0.29) is 19.1 Å². The van der Waals surface area contributed by atoms with Gasteiger partial charge in [-0.3, -0.25) is 9.59 Å². The third-order valence-electron chi connectivity index (χ3n) is 3.50. The largest absolute Gasteiger partial charge is 0.481 e. The predicted molar refractivity (Wildman–Crippen MR) is 73.3 cm³/mol. The molecule has 1 saturated heterocycles.